The van der Waals surface area contributed by atoms with Gasteiger partial charge in [-0.3, -0.25) is 0 Å². The highest BCUT2D eigenvalue weighted by Crippen LogP contribution is 2.22. The summed E-state index contributed by atoms with van der Waals surface area (Å²) in [5.41, 5.74) is 1.69. The third-order valence-corrected chi connectivity index (χ3v) is 2.11. The molecule has 0 atom stereocenters. The Balaban J connectivity index is 2.41. The fourth-order valence-corrected chi connectivity index (χ4v) is 1.38. The smallest absolute Gasteiger partial charge is 0.204 e. The summed E-state index contributed by atoms with van der Waals surface area (Å²) in [5.74, 6) is 0.932. The second-order valence-corrected chi connectivity index (χ2v) is 3.13. The van der Waals surface area contributed by atoms with Crippen LogP contribution in [0.2, 0.25) is 0 Å². The molecule has 1 N–H and O–H groups in total. The van der Waals surface area contributed by atoms with Crippen molar-refractivity contribution in [3.8, 4) is 17.4 Å². The van der Waals surface area contributed by atoms with E-state index >= 15 is 0 Å². The van der Waals surface area contributed by atoms with Gasteiger partial charge in [-0.25, -0.2) is 0 Å². The number of benzene rings is 1. The van der Waals surface area contributed by atoms with Gasteiger partial charge in [0.1, 0.15) is 11.8 Å². The summed E-state index contributed by atoms with van der Waals surface area (Å²) in [5, 5.41) is 17.6. The van der Waals surface area contributed by atoms with Crippen LogP contribution in [0.25, 0.3) is 11.3 Å². The van der Waals surface area contributed by atoms with Crippen LogP contribution < -0.4 is 0 Å². The molecule has 3 nitrogen and oxygen atoms in total. The zero-order valence-corrected chi connectivity index (χ0v) is 7.97. The van der Waals surface area contributed by atoms with Crippen LogP contribution in [-0.4, -0.2) is 5.11 Å². The van der Waals surface area contributed by atoms with Gasteiger partial charge in [0.05, 0.1) is 6.61 Å². The first-order chi connectivity index (χ1) is 7.33. The Morgan fingerprint density at radius 3 is 2.80 bits per heavy atom. The van der Waals surface area contributed by atoms with Gasteiger partial charge in [-0.15, -0.1) is 0 Å². The van der Waals surface area contributed by atoms with Crippen LogP contribution in [0.4, 0.5) is 0 Å². The molecule has 0 aliphatic rings. The second-order valence-electron chi connectivity index (χ2n) is 3.13. The van der Waals surface area contributed by atoms with Crippen LogP contribution in [0.3, 0.4) is 0 Å². The molecule has 0 aliphatic carbocycles. The van der Waals surface area contributed by atoms with Crippen LogP contribution >= 0.6 is 0 Å². The van der Waals surface area contributed by atoms with Crippen molar-refractivity contribution in [1.29, 1.82) is 5.26 Å². The highest BCUT2D eigenvalue weighted by Gasteiger charge is 2.04. The van der Waals surface area contributed by atoms with Crippen molar-refractivity contribution in [2.75, 3.05) is 0 Å². The molecule has 0 amide bonds. The quantitative estimate of drug-likeness (QED) is 0.807. The number of aliphatic hydroxyl groups is 1. The topological polar surface area (TPSA) is 57.2 Å². The Kier molecular flexibility index (Phi) is 2.53. The van der Waals surface area contributed by atoms with Gasteiger partial charge in [-0.2, -0.15) is 5.26 Å². The number of aliphatic hydroxyl groups excluding tert-OH is 1. The number of rotatable bonds is 2. The molecular formula is C12H9NO2. The van der Waals surface area contributed by atoms with Gasteiger partial charge in [0.25, 0.3) is 0 Å². The fourth-order valence-electron chi connectivity index (χ4n) is 1.38. The van der Waals surface area contributed by atoms with Gasteiger partial charge < -0.3 is 9.52 Å². The van der Waals surface area contributed by atoms with E-state index in [1.807, 2.05) is 30.3 Å². The zero-order valence-electron chi connectivity index (χ0n) is 7.97. The molecule has 0 saturated carbocycles. The van der Waals surface area contributed by atoms with Crippen LogP contribution in [0.5, 0.6) is 0 Å². The molecule has 0 aliphatic heterocycles. The Bertz CT molecular complexity index is 508. The van der Waals surface area contributed by atoms with Crippen LogP contribution in [0.15, 0.2) is 40.8 Å². The van der Waals surface area contributed by atoms with E-state index < -0.39 is 0 Å². The number of hydrogen-bond donors (Lipinski definition) is 1. The lowest BCUT2D eigenvalue weighted by Gasteiger charge is -1.99. The zero-order chi connectivity index (χ0) is 10.7. The predicted molar refractivity (Wildman–Crippen MR) is 54.8 cm³/mol. The van der Waals surface area contributed by atoms with Gasteiger partial charge in [-0.05, 0) is 23.8 Å². The molecule has 1 heterocycles. The molecular weight excluding hydrogens is 190 g/mol. The van der Waals surface area contributed by atoms with Gasteiger partial charge >= 0.3 is 0 Å². The maximum absolute atomic E-state index is 8.98. The first kappa shape index (κ1) is 9.50. The highest BCUT2D eigenvalue weighted by atomic mass is 16.3. The van der Waals surface area contributed by atoms with Crippen molar-refractivity contribution in [1.82, 2.24) is 0 Å². The Morgan fingerprint density at radius 2 is 2.13 bits per heavy atom. The van der Waals surface area contributed by atoms with E-state index in [2.05, 4.69) is 0 Å². The van der Waals surface area contributed by atoms with Gasteiger partial charge in [0.15, 0.2) is 0 Å². The van der Waals surface area contributed by atoms with Crippen molar-refractivity contribution in [3.63, 3.8) is 0 Å². The normalized spacial score (nSPS) is 9.87. The molecule has 0 bridgehead atoms. The van der Waals surface area contributed by atoms with Crippen LogP contribution in [0.1, 0.15) is 11.3 Å². The summed E-state index contributed by atoms with van der Waals surface area (Å²) >= 11 is 0. The lowest BCUT2D eigenvalue weighted by Crippen LogP contribution is -1.82. The second kappa shape index (κ2) is 3.99. The van der Waals surface area contributed by atoms with Gasteiger partial charge in [-0.1, -0.05) is 18.2 Å². The third kappa shape index (κ3) is 1.90. The van der Waals surface area contributed by atoms with Gasteiger partial charge in [0.2, 0.25) is 5.76 Å². The van der Waals surface area contributed by atoms with E-state index in [0.717, 1.165) is 11.1 Å². The molecule has 2 rings (SSSR count). The summed E-state index contributed by atoms with van der Waals surface area (Å²) in [4.78, 5) is 0. The average molecular weight is 199 g/mol. The molecule has 0 radical (unpaired) electrons. The standard InChI is InChI=1S/C12H9NO2/c13-7-11-4-5-12(15-11)10-3-1-2-9(6-10)8-14/h1-6,14H,8H2. The van der Waals surface area contributed by atoms with Crippen molar-refractivity contribution >= 4 is 0 Å². The van der Waals surface area contributed by atoms with E-state index in [0.29, 0.717) is 11.5 Å². The summed E-state index contributed by atoms with van der Waals surface area (Å²) in [6, 6.07) is 12.7. The summed E-state index contributed by atoms with van der Waals surface area (Å²) in [6.45, 7) is -0.000342. The van der Waals surface area contributed by atoms with E-state index in [4.69, 9.17) is 14.8 Å². The maximum atomic E-state index is 8.98. The van der Waals surface area contributed by atoms with E-state index in [9.17, 15) is 0 Å². The first-order valence-electron chi connectivity index (χ1n) is 4.53. The largest absolute Gasteiger partial charge is 0.446 e. The lowest BCUT2D eigenvalue weighted by atomic mass is 10.1. The first-order valence-corrected chi connectivity index (χ1v) is 4.53. The van der Waals surface area contributed by atoms with E-state index in [1.54, 1.807) is 12.1 Å². The fraction of sp³-hybridized carbons (Fsp3) is 0.0833. The summed E-state index contributed by atoms with van der Waals surface area (Å²) in [6.07, 6.45) is 0. The summed E-state index contributed by atoms with van der Waals surface area (Å²) < 4.78 is 5.28. The average Bonchev–Trinajstić information content (AvgIpc) is 2.78. The van der Waals surface area contributed by atoms with Crippen molar-refractivity contribution in [2.24, 2.45) is 0 Å². The number of nitriles is 1. The minimum absolute atomic E-state index is 0.000342. The molecule has 0 spiro atoms. The van der Waals surface area contributed by atoms with Crippen LogP contribution in [-0.2, 0) is 6.61 Å². The molecule has 1 aromatic carbocycles. The Morgan fingerprint density at radius 1 is 1.27 bits per heavy atom. The van der Waals surface area contributed by atoms with E-state index in [1.165, 1.54) is 0 Å². The monoisotopic (exact) mass is 199 g/mol. The predicted octanol–water partition coefficient (Wildman–Crippen LogP) is 2.31. The van der Waals surface area contributed by atoms with Crippen LogP contribution in [0, 0.1) is 11.3 Å². The van der Waals surface area contributed by atoms with Crippen molar-refractivity contribution < 1.29 is 9.52 Å². The number of hydrogen-bond acceptors (Lipinski definition) is 3. The minimum atomic E-state index is -0.000342. The lowest BCUT2D eigenvalue weighted by molar-refractivity contribution is 0.282. The van der Waals surface area contributed by atoms with Gasteiger partial charge in [0, 0.05) is 5.56 Å². The number of furan rings is 1. The molecule has 74 valence electrons. The van der Waals surface area contributed by atoms with Crippen molar-refractivity contribution in [2.45, 2.75) is 6.61 Å². The Hall–Kier alpha value is -2.05. The van der Waals surface area contributed by atoms with E-state index in [-0.39, 0.29) is 6.61 Å². The highest BCUT2D eigenvalue weighted by molar-refractivity contribution is 5.59. The molecule has 0 fully saturated rings. The molecule has 2 aromatic rings. The molecule has 0 unspecified atom stereocenters. The Labute approximate surface area is 87.2 Å². The maximum Gasteiger partial charge on any atom is 0.204 e. The van der Waals surface area contributed by atoms with Crippen molar-refractivity contribution in [3.05, 3.63) is 47.7 Å². The molecule has 15 heavy (non-hydrogen) atoms. The molecule has 1 aromatic heterocycles. The SMILES string of the molecule is N#Cc1ccc(-c2cccc(CO)c2)o1. The third-order valence-electron chi connectivity index (χ3n) is 2.11. The number of nitrogens with zero attached hydrogens (tertiary/aromatic N) is 1. The minimum Gasteiger partial charge on any atom is -0.446 e. The molecule has 3 heteroatoms. The summed E-state index contributed by atoms with van der Waals surface area (Å²) in [7, 11) is 0. The molecule has 0 saturated heterocycles.